The van der Waals surface area contributed by atoms with E-state index >= 15 is 0 Å². The standard InChI is InChI=1S/C10H17NO3/c12-11-8-1-3-9(4-2-8)14-10-5-6-13-7-10/h9-10,12H,1-7H2. The lowest BCUT2D eigenvalue weighted by Crippen LogP contribution is -2.27. The molecule has 0 aromatic carbocycles. The molecule has 2 rings (SSSR count). The Morgan fingerprint density at radius 1 is 1.21 bits per heavy atom. The molecular formula is C10H17NO3. The molecule has 0 bridgehead atoms. The third kappa shape index (κ3) is 2.45. The first kappa shape index (κ1) is 9.93. The fraction of sp³-hybridized carbons (Fsp3) is 0.900. The van der Waals surface area contributed by atoms with Gasteiger partial charge in [-0.2, -0.15) is 0 Å². The highest BCUT2D eigenvalue weighted by Crippen LogP contribution is 2.22. The summed E-state index contributed by atoms with van der Waals surface area (Å²) in [5.41, 5.74) is 0.910. The SMILES string of the molecule is ON=C1CCC(OC2CCOC2)CC1. The first-order valence-corrected chi connectivity index (χ1v) is 5.31. The van der Waals surface area contributed by atoms with E-state index in [-0.39, 0.29) is 0 Å². The van der Waals surface area contributed by atoms with Crippen LogP contribution in [0.25, 0.3) is 0 Å². The van der Waals surface area contributed by atoms with Crippen molar-refractivity contribution < 1.29 is 14.7 Å². The number of oxime groups is 1. The molecular weight excluding hydrogens is 182 g/mol. The molecule has 0 spiro atoms. The van der Waals surface area contributed by atoms with Gasteiger partial charge in [0.1, 0.15) is 0 Å². The lowest BCUT2D eigenvalue weighted by Gasteiger charge is -2.25. The van der Waals surface area contributed by atoms with Crippen molar-refractivity contribution in [1.29, 1.82) is 0 Å². The Balaban J connectivity index is 1.72. The van der Waals surface area contributed by atoms with Gasteiger partial charge in [-0.05, 0) is 32.1 Å². The van der Waals surface area contributed by atoms with Crippen LogP contribution < -0.4 is 0 Å². The fourth-order valence-corrected chi connectivity index (χ4v) is 2.05. The largest absolute Gasteiger partial charge is 0.411 e. The molecule has 14 heavy (non-hydrogen) atoms. The number of hydrogen-bond acceptors (Lipinski definition) is 4. The second-order valence-electron chi connectivity index (χ2n) is 3.99. The summed E-state index contributed by atoms with van der Waals surface area (Å²) in [5, 5.41) is 11.8. The van der Waals surface area contributed by atoms with Crippen molar-refractivity contribution in [2.24, 2.45) is 5.16 Å². The average molecular weight is 199 g/mol. The van der Waals surface area contributed by atoms with Crippen molar-refractivity contribution in [2.75, 3.05) is 13.2 Å². The van der Waals surface area contributed by atoms with E-state index in [1.54, 1.807) is 0 Å². The molecule has 2 aliphatic rings. The molecule has 2 fully saturated rings. The maximum absolute atomic E-state index is 8.59. The Morgan fingerprint density at radius 2 is 2.00 bits per heavy atom. The van der Waals surface area contributed by atoms with Crippen LogP contribution in [0.3, 0.4) is 0 Å². The normalized spacial score (nSPS) is 33.3. The molecule has 0 aromatic rings. The molecule has 4 nitrogen and oxygen atoms in total. The van der Waals surface area contributed by atoms with E-state index in [2.05, 4.69) is 5.16 Å². The van der Waals surface area contributed by atoms with Crippen molar-refractivity contribution in [3.05, 3.63) is 0 Å². The molecule has 1 N–H and O–H groups in total. The summed E-state index contributed by atoms with van der Waals surface area (Å²) in [7, 11) is 0. The van der Waals surface area contributed by atoms with Crippen LogP contribution in [0.15, 0.2) is 5.16 Å². The Bertz CT molecular complexity index is 201. The second-order valence-corrected chi connectivity index (χ2v) is 3.99. The monoisotopic (exact) mass is 199 g/mol. The minimum atomic E-state index is 0.299. The summed E-state index contributed by atoms with van der Waals surface area (Å²) >= 11 is 0. The van der Waals surface area contributed by atoms with E-state index in [1.165, 1.54) is 0 Å². The predicted octanol–water partition coefficient (Wildman–Crippen LogP) is 1.56. The number of nitrogens with zero attached hydrogens (tertiary/aromatic N) is 1. The van der Waals surface area contributed by atoms with Crippen molar-refractivity contribution in [2.45, 2.75) is 44.3 Å². The van der Waals surface area contributed by atoms with Gasteiger partial charge in [0.2, 0.25) is 0 Å². The molecule has 1 atom stereocenters. The van der Waals surface area contributed by atoms with Gasteiger partial charge in [0.05, 0.1) is 24.5 Å². The Hall–Kier alpha value is -0.610. The summed E-state index contributed by atoms with van der Waals surface area (Å²) < 4.78 is 11.1. The van der Waals surface area contributed by atoms with Crippen molar-refractivity contribution in [3.63, 3.8) is 0 Å². The van der Waals surface area contributed by atoms with Gasteiger partial charge in [0.15, 0.2) is 0 Å². The lowest BCUT2D eigenvalue weighted by molar-refractivity contribution is -0.0244. The minimum absolute atomic E-state index is 0.299. The second kappa shape index (κ2) is 4.75. The average Bonchev–Trinajstić information content (AvgIpc) is 2.72. The molecule has 1 aliphatic heterocycles. The third-order valence-electron chi connectivity index (χ3n) is 2.92. The van der Waals surface area contributed by atoms with Crippen LogP contribution in [0.1, 0.15) is 32.1 Å². The van der Waals surface area contributed by atoms with E-state index in [9.17, 15) is 0 Å². The Kier molecular flexibility index (Phi) is 3.37. The van der Waals surface area contributed by atoms with Gasteiger partial charge < -0.3 is 14.7 Å². The number of rotatable bonds is 2. The van der Waals surface area contributed by atoms with Gasteiger partial charge in [-0.15, -0.1) is 0 Å². The fourth-order valence-electron chi connectivity index (χ4n) is 2.05. The van der Waals surface area contributed by atoms with E-state index in [1.807, 2.05) is 0 Å². The lowest BCUT2D eigenvalue weighted by atomic mass is 9.95. The smallest absolute Gasteiger partial charge is 0.0834 e. The summed E-state index contributed by atoms with van der Waals surface area (Å²) in [6, 6.07) is 0. The number of hydrogen-bond donors (Lipinski definition) is 1. The van der Waals surface area contributed by atoms with E-state index in [4.69, 9.17) is 14.7 Å². The van der Waals surface area contributed by atoms with Crippen LogP contribution in [0.2, 0.25) is 0 Å². The van der Waals surface area contributed by atoms with Gasteiger partial charge in [-0.25, -0.2) is 0 Å². The Morgan fingerprint density at radius 3 is 2.57 bits per heavy atom. The summed E-state index contributed by atoms with van der Waals surface area (Å²) in [6.45, 7) is 1.58. The molecule has 0 amide bonds. The minimum Gasteiger partial charge on any atom is -0.411 e. The van der Waals surface area contributed by atoms with Crippen LogP contribution in [0.4, 0.5) is 0 Å². The zero-order valence-electron chi connectivity index (χ0n) is 8.32. The highest BCUT2D eigenvalue weighted by Gasteiger charge is 2.24. The maximum atomic E-state index is 8.59. The number of ether oxygens (including phenoxy) is 2. The van der Waals surface area contributed by atoms with Crippen LogP contribution in [-0.2, 0) is 9.47 Å². The van der Waals surface area contributed by atoms with Gasteiger partial charge in [0, 0.05) is 6.61 Å². The van der Waals surface area contributed by atoms with Crippen LogP contribution in [0, 0.1) is 0 Å². The van der Waals surface area contributed by atoms with Gasteiger partial charge >= 0.3 is 0 Å². The molecule has 1 saturated carbocycles. The topological polar surface area (TPSA) is 51.1 Å². The molecule has 0 radical (unpaired) electrons. The van der Waals surface area contributed by atoms with E-state index in [0.717, 1.165) is 51.0 Å². The maximum Gasteiger partial charge on any atom is 0.0834 e. The van der Waals surface area contributed by atoms with Gasteiger partial charge in [-0.1, -0.05) is 5.16 Å². The first-order chi connectivity index (χ1) is 6.88. The molecule has 80 valence electrons. The summed E-state index contributed by atoms with van der Waals surface area (Å²) in [5.74, 6) is 0. The highest BCUT2D eigenvalue weighted by molar-refractivity contribution is 5.84. The van der Waals surface area contributed by atoms with Crippen molar-refractivity contribution in [1.82, 2.24) is 0 Å². The first-order valence-electron chi connectivity index (χ1n) is 5.31. The summed E-state index contributed by atoms with van der Waals surface area (Å²) in [6.07, 6.45) is 5.37. The van der Waals surface area contributed by atoms with Crippen molar-refractivity contribution >= 4 is 5.71 Å². The van der Waals surface area contributed by atoms with Crippen LogP contribution in [-0.4, -0.2) is 36.3 Å². The molecule has 4 heteroatoms. The predicted molar refractivity (Wildman–Crippen MR) is 51.8 cm³/mol. The summed E-state index contributed by atoms with van der Waals surface area (Å²) in [4.78, 5) is 0. The van der Waals surface area contributed by atoms with Gasteiger partial charge in [0.25, 0.3) is 0 Å². The van der Waals surface area contributed by atoms with E-state index in [0.29, 0.717) is 12.2 Å². The zero-order chi connectivity index (χ0) is 9.80. The highest BCUT2D eigenvalue weighted by atomic mass is 16.5. The van der Waals surface area contributed by atoms with Crippen LogP contribution in [0.5, 0.6) is 0 Å². The van der Waals surface area contributed by atoms with Crippen molar-refractivity contribution in [3.8, 4) is 0 Å². The molecule has 0 aromatic heterocycles. The van der Waals surface area contributed by atoms with E-state index < -0.39 is 0 Å². The van der Waals surface area contributed by atoms with Crippen LogP contribution >= 0.6 is 0 Å². The van der Waals surface area contributed by atoms with Gasteiger partial charge in [-0.3, -0.25) is 0 Å². The molecule has 1 unspecified atom stereocenters. The molecule has 1 saturated heterocycles. The molecule has 1 heterocycles. The quantitative estimate of drug-likeness (QED) is 0.542. The Labute approximate surface area is 83.9 Å². The zero-order valence-corrected chi connectivity index (χ0v) is 8.32. The molecule has 1 aliphatic carbocycles. The third-order valence-corrected chi connectivity index (χ3v) is 2.92.